The predicted molar refractivity (Wildman–Crippen MR) is 78.5 cm³/mol. The lowest BCUT2D eigenvalue weighted by molar-refractivity contribution is 0.129. The van der Waals surface area contributed by atoms with Crippen molar-refractivity contribution in [2.45, 2.75) is 52.0 Å². The Morgan fingerprint density at radius 1 is 1.06 bits per heavy atom. The summed E-state index contributed by atoms with van der Waals surface area (Å²) in [6.45, 7) is 7.09. The molecule has 2 fully saturated rings. The molecule has 18 heavy (non-hydrogen) atoms. The molecule has 1 atom stereocenters. The lowest BCUT2D eigenvalue weighted by Crippen LogP contribution is -2.50. The van der Waals surface area contributed by atoms with Gasteiger partial charge in [-0.3, -0.25) is 4.90 Å². The summed E-state index contributed by atoms with van der Waals surface area (Å²) in [6.07, 6.45) is 9.74. The second-order valence-corrected chi connectivity index (χ2v) is 6.58. The fraction of sp³-hybridized carbons (Fsp3) is 0.875. The van der Waals surface area contributed by atoms with Gasteiger partial charge in [0.15, 0.2) is 0 Å². The molecule has 1 saturated heterocycles. The summed E-state index contributed by atoms with van der Waals surface area (Å²) >= 11 is 0. The number of rotatable bonds is 2. The van der Waals surface area contributed by atoms with Crippen molar-refractivity contribution >= 4 is 0 Å². The molecule has 1 aliphatic heterocycles. The van der Waals surface area contributed by atoms with E-state index in [0.717, 1.165) is 5.92 Å². The van der Waals surface area contributed by atoms with Crippen LogP contribution in [0.1, 0.15) is 46.0 Å². The van der Waals surface area contributed by atoms with Gasteiger partial charge in [-0.25, -0.2) is 0 Å². The third kappa shape index (κ3) is 3.09. The fourth-order valence-corrected chi connectivity index (χ4v) is 3.65. The third-order valence-corrected chi connectivity index (χ3v) is 4.69. The van der Waals surface area contributed by atoms with Crippen LogP contribution < -0.4 is 0 Å². The van der Waals surface area contributed by atoms with Gasteiger partial charge in [0.2, 0.25) is 0 Å². The molecule has 1 unspecified atom stereocenters. The molecule has 0 aromatic carbocycles. The normalized spacial score (nSPS) is 30.4. The minimum Gasteiger partial charge on any atom is -0.376 e. The highest BCUT2D eigenvalue weighted by atomic mass is 15.3. The Morgan fingerprint density at radius 2 is 1.72 bits per heavy atom. The number of likely N-dealkylation sites (N-methyl/N-ethyl adjacent to an activating group) is 2. The van der Waals surface area contributed by atoms with Crippen LogP contribution in [0.25, 0.3) is 0 Å². The Bertz CT molecular complexity index is 289. The van der Waals surface area contributed by atoms with E-state index in [1.54, 1.807) is 5.70 Å². The first-order valence-electron chi connectivity index (χ1n) is 7.72. The predicted octanol–water partition coefficient (Wildman–Crippen LogP) is 3.35. The van der Waals surface area contributed by atoms with Crippen LogP contribution in [0.2, 0.25) is 0 Å². The molecule has 0 aromatic rings. The van der Waals surface area contributed by atoms with Crippen LogP contribution in [-0.2, 0) is 0 Å². The molecule has 104 valence electrons. The van der Waals surface area contributed by atoms with Crippen molar-refractivity contribution in [1.82, 2.24) is 9.80 Å². The van der Waals surface area contributed by atoms with E-state index in [9.17, 15) is 0 Å². The van der Waals surface area contributed by atoms with Crippen LogP contribution in [0.5, 0.6) is 0 Å². The molecule has 1 saturated carbocycles. The van der Waals surface area contributed by atoms with Gasteiger partial charge in [0.05, 0.1) is 6.04 Å². The second-order valence-electron chi connectivity index (χ2n) is 6.58. The van der Waals surface area contributed by atoms with Crippen molar-refractivity contribution < 1.29 is 0 Å². The maximum Gasteiger partial charge on any atom is 0.0514 e. The van der Waals surface area contributed by atoms with Crippen LogP contribution >= 0.6 is 0 Å². The molecule has 0 bridgehead atoms. The van der Waals surface area contributed by atoms with Gasteiger partial charge in [-0.1, -0.05) is 39.2 Å². The van der Waals surface area contributed by atoms with E-state index in [2.05, 4.69) is 43.8 Å². The zero-order chi connectivity index (χ0) is 13.1. The zero-order valence-corrected chi connectivity index (χ0v) is 12.7. The molecular formula is C16H30N2. The number of allylic oxidation sites excluding steroid dienone is 1. The SMILES string of the molecule is CC(C)C1/C(=C/C2CCCCC2)N(C)CCN1C. The van der Waals surface area contributed by atoms with E-state index in [1.165, 1.54) is 45.2 Å². The lowest BCUT2D eigenvalue weighted by Gasteiger charge is -2.44. The van der Waals surface area contributed by atoms with E-state index in [-0.39, 0.29) is 0 Å². The summed E-state index contributed by atoms with van der Waals surface area (Å²) in [5.74, 6) is 1.54. The Morgan fingerprint density at radius 3 is 2.33 bits per heavy atom. The highest BCUT2D eigenvalue weighted by molar-refractivity contribution is 5.15. The van der Waals surface area contributed by atoms with Crippen molar-refractivity contribution in [3.8, 4) is 0 Å². The highest BCUT2D eigenvalue weighted by Crippen LogP contribution is 2.30. The molecule has 2 aliphatic rings. The Labute approximate surface area is 113 Å². The van der Waals surface area contributed by atoms with E-state index < -0.39 is 0 Å². The van der Waals surface area contributed by atoms with Crippen LogP contribution in [0, 0.1) is 11.8 Å². The highest BCUT2D eigenvalue weighted by Gasteiger charge is 2.30. The van der Waals surface area contributed by atoms with E-state index in [1.807, 2.05) is 0 Å². The first-order valence-corrected chi connectivity index (χ1v) is 7.72. The summed E-state index contributed by atoms with van der Waals surface area (Å²) in [5.41, 5.74) is 1.59. The minimum atomic E-state index is 0.616. The average molecular weight is 250 g/mol. The maximum atomic E-state index is 2.61. The molecule has 2 nitrogen and oxygen atoms in total. The van der Waals surface area contributed by atoms with E-state index in [0.29, 0.717) is 12.0 Å². The zero-order valence-electron chi connectivity index (χ0n) is 12.7. The van der Waals surface area contributed by atoms with E-state index >= 15 is 0 Å². The summed E-state index contributed by atoms with van der Waals surface area (Å²) in [5, 5.41) is 0. The topological polar surface area (TPSA) is 6.48 Å². The molecular weight excluding hydrogens is 220 g/mol. The summed E-state index contributed by atoms with van der Waals surface area (Å²) in [6, 6.07) is 0.616. The van der Waals surface area contributed by atoms with Crippen molar-refractivity contribution in [2.75, 3.05) is 27.2 Å². The second kappa shape index (κ2) is 6.10. The number of hydrogen-bond acceptors (Lipinski definition) is 2. The largest absolute Gasteiger partial charge is 0.376 e. The number of nitrogens with zero attached hydrogens (tertiary/aromatic N) is 2. The molecule has 0 amide bonds. The first-order chi connectivity index (χ1) is 8.59. The molecule has 0 N–H and O–H groups in total. The van der Waals surface area contributed by atoms with Crippen LogP contribution in [0.15, 0.2) is 11.8 Å². The van der Waals surface area contributed by atoms with Gasteiger partial charge in [-0.2, -0.15) is 0 Å². The summed E-state index contributed by atoms with van der Waals surface area (Å²) < 4.78 is 0. The van der Waals surface area contributed by atoms with Gasteiger partial charge in [0.1, 0.15) is 0 Å². The standard InChI is InChI=1S/C16H30N2/c1-13(2)16-15(17(3)10-11-18(16)4)12-14-8-6-5-7-9-14/h12-14,16H,5-11H2,1-4H3/b15-12-. The monoisotopic (exact) mass is 250 g/mol. The van der Waals surface area contributed by atoms with Crippen molar-refractivity contribution in [3.63, 3.8) is 0 Å². The smallest absolute Gasteiger partial charge is 0.0514 e. The van der Waals surface area contributed by atoms with Crippen LogP contribution in [0.3, 0.4) is 0 Å². The fourth-order valence-electron chi connectivity index (χ4n) is 3.65. The van der Waals surface area contributed by atoms with Gasteiger partial charge in [-0.15, -0.1) is 0 Å². The van der Waals surface area contributed by atoms with Gasteiger partial charge in [-0.05, 0) is 31.7 Å². The molecule has 1 heterocycles. The Kier molecular flexibility index (Phi) is 4.71. The maximum absolute atomic E-state index is 2.61. The van der Waals surface area contributed by atoms with Crippen molar-refractivity contribution in [3.05, 3.63) is 11.8 Å². The third-order valence-electron chi connectivity index (χ3n) is 4.69. The Balaban J connectivity index is 2.16. The molecule has 1 aliphatic carbocycles. The number of hydrogen-bond donors (Lipinski definition) is 0. The van der Waals surface area contributed by atoms with Gasteiger partial charge in [0, 0.05) is 25.8 Å². The van der Waals surface area contributed by atoms with Crippen LogP contribution in [0.4, 0.5) is 0 Å². The minimum absolute atomic E-state index is 0.616. The molecule has 0 radical (unpaired) electrons. The molecule has 0 spiro atoms. The average Bonchev–Trinajstić information content (AvgIpc) is 2.35. The quantitative estimate of drug-likeness (QED) is 0.741. The molecule has 2 rings (SSSR count). The summed E-state index contributed by atoms with van der Waals surface area (Å²) in [7, 11) is 4.56. The van der Waals surface area contributed by atoms with Gasteiger partial charge < -0.3 is 4.90 Å². The number of piperazine rings is 1. The van der Waals surface area contributed by atoms with Gasteiger partial charge >= 0.3 is 0 Å². The molecule has 2 heteroatoms. The molecule has 0 aromatic heterocycles. The van der Waals surface area contributed by atoms with E-state index in [4.69, 9.17) is 0 Å². The van der Waals surface area contributed by atoms with Crippen molar-refractivity contribution in [1.29, 1.82) is 0 Å². The Hall–Kier alpha value is -0.500. The van der Waals surface area contributed by atoms with Crippen molar-refractivity contribution in [2.24, 2.45) is 11.8 Å². The van der Waals surface area contributed by atoms with Gasteiger partial charge in [0.25, 0.3) is 0 Å². The summed E-state index contributed by atoms with van der Waals surface area (Å²) in [4.78, 5) is 5.04. The lowest BCUT2D eigenvalue weighted by atomic mass is 9.86. The van der Waals surface area contributed by atoms with Crippen LogP contribution in [-0.4, -0.2) is 43.0 Å². The first kappa shape index (κ1) is 13.9.